The van der Waals surface area contributed by atoms with E-state index in [0.717, 1.165) is 37.9 Å². The number of nitrogens with one attached hydrogen (secondary N) is 1. The highest BCUT2D eigenvalue weighted by Crippen LogP contribution is 2.59. The number of ether oxygens (including phenoxy) is 1. The molecule has 4 rings (SSSR count). The van der Waals surface area contributed by atoms with Gasteiger partial charge in [-0.3, -0.25) is 9.59 Å². The molecule has 1 N–H and O–H groups in total. The lowest BCUT2D eigenvalue weighted by Gasteiger charge is -2.35. The standard InChI is InChI=1S/C21H29N3O3.ClH/c1-16-2-4-17(5-3-16)27-15-19(25)23-10-12-24(13-11-23)20(26)18-14-21(18)6-8-22-9-7-21;/h2-5,18,22H,6-15H2,1H3;1H. The molecule has 6 nitrogen and oxygen atoms in total. The first-order valence-electron chi connectivity index (χ1n) is 10.0. The van der Waals surface area contributed by atoms with Gasteiger partial charge in [-0.15, -0.1) is 12.4 Å². The molecule has 1 spiro atoms. The van der Waals surface area contributed by atoms with Crippen molar-refractivity contribution < 1.29 is 14.3 Å². The molecule has 2 aliphatic heterocycles. The highest BCUT2D eigenvalue weighted by Gasteiger charge is 2.58. The van der Waals surface area contributed by atoms with Crippen LogP contribution >= 0.6 is 12.4 Å². The van der Waals surface area contributed by atoms with E-state index in [1.54, 1.807) is 0 Å². The monoisotopic (exact) mass is 407 g/mol. The number of nitrogens with zero attached hydrogens (tertiary/aromatic N) is 2. The molecule has 3 fully saturated rings. The maximum atomic E-state index is 12.8. The lowest BCUT2D eigenvalue weighted by Crippen LogP contribution is -2.52. The van der Waals surface area contributed by atoms with E-state index in [1.165, 1.54) is 0 Å². The normalized spacial score (nSPS) is 23.1. The Kier molecular flexibility index (Phi) is 6.50. The fraction of sp³-hybridized carbons (Fsp3) is 0.619. The first kappa shape index (κ1) is 20.9. The average molecular weight is 408 g/mol. The maximum absolute atomic E-state index is 12.8. The Labute approximate surface area is 173 Å². The van der Waals surface area contributed by atoms with Crippen molar-refractivity contribution in [3.63, 3.8) is 0 Å². The molecule has 154 valence electrons. The van der Waals surface area contributed by atoms with Crippen LogP contribution in [0.3, 0.4) is 0 Å². The smallest absolute Gasteiger partial charge is 0.260 e. The number of hydrogen-bond donors (Lipinski definition) is 1. The highest BCUT2D eigenvalue weighted by molar-refractivity contribution is 5.85. The van der Waals surface area contributed by atoms with Crippen LogP contribution in [0.1, 0.15) is 24.8 Å². The number of piperidine rings is 1. The minimum atomic E-state index is -0.0103. The summed E-state index contributed by atoms with van der Waals surface area (Å²) < 4.78 is 5.60. The second-order valence-corrected chi connectivity index (χ2v) is 8.18. The van der Waals surface area contributed by atoms with Gasteiger partial charge in [-0.25, -0.2) is 0 Å². The number of rotatable bonds is 4. The van der Waals surface area contributed by atoms with E-state index in [4.69, 9.17) is 4.74 Å². The van der Waals surface area contributed by atoms with Crippen LogP contribution in [0.25, 0.3) is 0 Å². The molecule has 1 atom stereocenters. The fourth-order valence-electron chi connectivity index (χ4n) is 4.44. The Morgan fingerprint density at radius 2 is 1.68 bits per heavy atom. The molecule has 1 saturated carbocycles. The summed E-state index contributed by atoms with van der Waals surface area (Å²) in [5, 5.41) is 3.38. The average Bonchev–Trinajstić information content (AvgIpc) is 3.40. The zero-order valence-electron chi connectivity index (χ0n) is 16.5. The van der Waals surface area contributed by atoms with Crippen molar-refractivity contribution in [2.75, 3.05) is 45.9 Å². The van der Waals surface area contributed by atoms with Gasteiger partial charge in [0.2, 0.25) is 5.91 Å². The Balaban J connectivity index is 0.00000225. The van der Waals surface area contributed by atoms with E-state index < -0.39 is 0 Å². The third kappa shape index (κ3) is 4.44. The van der Waals surface area contributed by atoms with Crippen LogP contribution in [0.15, 0.2) is 24.3 Å². The maximum Gasteiger partial charge on any atom is 0.260 e. The van der Waals surface area contributed by atoms with Gasteiger partial charge in [-0.1, -0.05) is 17.7 Å². The molecule has 0 radical (unpaired) electrons. The second kappa shape index (κ2) is 8.70. The Morgan fingerprint density at radius 3 is 2.32 bits per heavy atom. The minimum absolute atomic E-state index is 0. The molecule has 3 aliphatic rings. The van der Waals surface area contributed by atoms with Gasteiger partial charge in [0, 0.05) is 32.1 Å². The topological polar surface area (TPSA) is 61.9 Å². The van der Waals surface area contributed by atoms with E-state index in [1.807, 2.05) is 41.0 Å². The summed E-state index contributed by atoms with van der Waals surface area (Å²) in [6.07, 6.45) is 3.30. The van der Waals surface area contributed by atoms with Gasteiger partial charge < -0.3 is 19.9 Å². The van der Waals surface area contributed by atoms with Crippen LogP contribution in [-0.4, -0.2) is 67.5 Å². The minimum Gasteiger partial charge on any atom is -0.484 e. The number of benzene rings is 1. The first-order chi connectivity index (χ1) is 13.1. The molecule has 0 bridgehead atoms. The van der Waals surface area contributed by atoms with Gasteiger partial charge in [0.15, 0.2) is 6.61 Å². The SMILES string of the molecule is Cc1ccc(OCC(=O)N2CCN(C(=O)C3CC34CCNCC4)CC2)cc1.Cl. The largest absolute Gasteiger partial charge is 0.484 e. The number of halogens is 1. The Bertz CT molecular complexity index is 695. The van der Waals surface area contributed by atoms with Crippen LogP contribution in [-0.2, 0) is 9.59 Å². The summed E-state index contributed by atoms with van der Waals surface area (Å²) in [7, 11) is 0. The molecule has 0 aromatic heterocycles. The van der Waals surface area contributed by atoms with Crippen molar-refractivity contribution in [2.24, 2.45) is 11.3 Å². The van der Waals surface area contributed by atoms with Gasteiger partial charge in [0.05, 0.1) is 0 Å². The molecule has 1 aliphatic carbocycles. The van der Waals surface area contributed by atoms with Crippen LogP contribution in [0.2, 0.25) is 0 Å². The van der Waals surface area contributed by atoms with E-state index >= 15 is 0 Å². The Hall–Kier alpha value is -1.79. The highest BCUT2D eigenvalue weighted by atomic mass is 35.5. The fourth-order valence-corrected chi connectivity index (χ4v) is 4.44. The van der Waals surface area contributed by atoms with E-state index in [9.17, 15) is 9.59 Å². The molecule has 1 aromatic carbocycles. The summed E-state index contributed by atoms with van der Waals surface area (Å²) in [6.45, 7) is 6.62. The quantitative estimate of drug-likeness (QED) is 0.827. The van der Waals surface area contributed by atoms with E-state index in [2.05, 4.69) is 5.32 Å². The van der Waals surface area contributed by atoms with Crippen LogP contribution in [0.4, 0.5) is 0 Å². The third-order valence-corrected chi connectivity index (χ3v) is 6.41. The summed E-state index contributed by atoms with van der Waals surface area (Å²) in [6, 6.07) is 7.70. The number of piperazine rings is 1. The summed E-state index contributed by atoms with van der Waals surface area (Å²) >= 11 is 0. The van der Waals surface area contributed by atoms with Crippen molar-refractivity contribution in [1.82, 2.24) is 15.1 Å². The van der Waals surface area contributed by atoms with E-state index in [-0.39, 0.29) is 36.3 Å². The molecule has 7 heteroatoms. The van der Waals surface area contributed by atoms with Crippen molar-refractivity contribution >= 4 is 24.2 Å². The predicted octanol–water partition coefficient (Wildman–Crippen LogP) is 1.86. The number of carbonyl (C=O) groups excluding carboxylic acids is 2. The first-order valence-corrected chi connectivity index (χ1v) is 10.0. The summed E-state index contributed by atoms with van der Waals surface area (Å²) in [5.41, 5.74) is 1.44. The van der Waals surface area contributed by atoms with Crippen molar-refractivity contribution in [2.45, 2.75) is 26.2 Å². The number of hydrogen-bond acceptors (Lipinski definition) is 4. The van der Waals surface area contributed by atoms with Gasteiger partial charge in [0.1, 0.15) is 5.75 Å². The zero-order valence-corrected chi connectivity index (χ0v) is 17.3. The molecular weight excluding hydrogens is 378 g/mol. The summed E-state index contributed by atoms with van der Waals surface area (Å²) in [5.74, 6) is 1.22. The number of carbonyl (C=O) groups is 2. The van der Waals surface area contributed by atoms with Crippen molar-refractivity contribution in [3.8, 4) is 5.75 Å². The molecule has 1 aromatic rings. The van der Waals surface area contributed by atoms with Gasteiger partial charge in [-0.2, -0.15) is 0 Å². The number of amides is 2. The van der Waals surface area contributed by atoms with Gasteiger partial charge >= 0.3 is 0 Å². The van der Waals surface area contributed by atoms with Crippen LogP contribution in [0, 0.1) is 18.3 Å². The van der Waals surface area contributed by atoms with E-state index in [0.29, 0.717) is 37.8 Å². The van der Waals surface area contributed by atoms with Gasteiger partial charge in [0.25, 0.3) is 5.91 Å². The molecule has 2 heterocycles. The van der Waals surface area contributed by atoms with Crippen LogP contribution < -0.4 is 10.1 Å². The molecular formula is C21H30ClN3O3. The molecule has 2 amide bonds. The molecule has 28 heavy (non-hydrogen) atoms. The van der Waals surface area contributed by atoms with Crippen molar-refractivity contribution in [1.29, 1.82) is 0 Å². The second-order valence-electron chi connectivity index (χ2n) is 8.18. The molecule has 2 saturated heterocycles. The lowest BCUT2D eigenvalue weighted by molar-refractivity contribution is -0.142. The van der Waals surface area contributed by atoms with Gasteiger partial charge in [-0.05, 0) is 56.8 Å². The zero-order chi connectivity index (χ0) is 18.9. The third-order valence-electron chi connectivity index (χ3n) is 6.41. The van der Waals surface area contributed by atoms with Crippen molar-refractivity contribution in [3.05, 3.63) is 29.8 Å². The Morgan fingerprint density at radius 1 is 1.07 bits per heavy atom. The summed E-state index contributed by atoms with van der Waals surface area (Å²) in [4.78, 5) is 29.0. The predicted molar refractivity (Wildman–Crippen MR) is 110 cm³/mol. The lowest BCUT2D eigenvalue weighted by atomic mass is 9.91. The number of aryl methyl sites for hydroxylation is 1. The molecule has 1 unspecified atom stereocenters. The van der Waals surface area contributed by atoms with Crippen LogP contribution in [0.5, 0.6) is 5.75 Å².